The van der Waals surface area contributed by atoms with Crippen molar-refractivity contribution < 1.29 is 23.6 Å². The Morgan fingerprint density at radius 3 is 2.48 bits per heavy atom. The third-order valence-corrected chi connectivity index (χ3v) is 4.08. The van der Waals surface area contributed by atoms with Gasteiger partial charge in [0.2, 0.25) is 11.7 Å². The third kappa shape index (κ3) is 5.41. The highest BCUT2D eigenvalue weighted by atomic mass is 16.5. The summed E-state index contributed by atoms with van der Waals surface area (Å²) in [5.74, 6) is 0.428. The van der Waals surface area contributed by atoms with E-state index in [-0.39, 0.29) is 6.61 Å². The molecule has 0 aliphatic heterocycles. The summed E-state index contributed by atoms with van der Waals surface area (Å²) >= 11 is 0. The first-order valence-corrected chi connectivity index (χ1v) is 9.02. The van der Waals surface area contributed by atoms with Gasteiger partial charge in [-0.05, 0) is 49.7 Å². The van der Waals surface area contributed by atoms with Crippen LogP contribution in [0.25, 0.3) is 0 Å². The number of nitrogens with zero attached hydrogens (tertiary/aromatic N) is 2. The molecule has 8 heteroatoms. The largest absolute Gasteiger partial charge is 0.485 e. The molecule has 0 bridgehead atoms. The Balaban J connectivity index is 1.53. The summed E-state index contributed by atoms with van der Waals surface area (Å²) in [6.07, 6.45) is -0.945. The Morgan fingerprint density at radius 1 is 1.10 bits per heavy atom. The van der Waals surface area contributed by atoms with Crippen molar-refractivity contribution in [2.45, 2.75) is 33.5 Å². The zero-order chi connectivity index (χ0) is 20.8. The molecule has 0 radical (unpaired) electrons. The van der Waals surface area contributed by atoms with E-state index in [9.17, 15) is 9.59 Å². The SMILES string of the molecule is Cc1nc(COc2ccc(C(=O)OC(C)C(=O)Nc3ccccc3C)cc2)no1. The molecule has 150 valence electrons. The fraction of sp³-hybridized carbons (Fsp3) is 0.238. The minimum atomic E-state index is -0.945. The molecule has 29 heavy (non-hydrogen) atoms. The molecule has 0 spiro atoms. The van der Waals surface area contributed by atoms with Gasteiger partial charge < -0.3 is 19.3 Å². The van der Waals surface area contributed by atoms with E-state index in [1.54, 1.807) is 37.3 Å². The zero-order valence-electron chi connectivity index (χ0n) is 16.3. The first-order valence-electron chi connectivity index (χ1n) is 9.02. The highest BCUT2D eigenvalue weighted by molar-refractivity contribution is 5.97. The lowest BCUT2D eigenvalue weighted by Crippen LogP contribution is -2.30. The summed E-state index contributed by atoms with van der Waals surface area (Å²) in [7, 11) is 0. The van der Waals surface area contributed by atoms with Crippen LogP contribution in [0.1, 0.15) is 34.6 Å². The predicted octanol–water partition coefficient (Wildman–Crippen LogP) is 3.45. The fourth-order valence-corrected chi connectivity index (χ4v) is 2.46. The molecular formula is C21H21N3O5. The lowest BCUT2D eigenvalue weighted by molar-refractivity contribution is -0.123. The molecule has 0 saturated carbocycles. The number of para-hydroxylation sites is 1. The lowest BCUT2D eigenvalue weighted by atomic mass is 10.2. The van der Waals surface area contributed by atoms with E-state index >= 15 is 0 Å². The molecule has 3 aromatic rings. The molecule has 1 aromatic heterocycles. The number of aromatic nitrogens is 2. The molecule has 1 amide bonds. The van der Waals surface area contributed by atoms with Crippen molar-refractivity contribution in [1.82, 2.24) is 10.1 Å². The van der Waals surface area contributed by atoms with Crippen LogP contribution in [0, 0.1) is 13.8 Å². The van der Waals surface area contributed by atoms with Gasteiger partial charge in [-0.3, -0.25) is 4.79 Å². The van der Waals surface area contributed by atoms with Gasteiger partial charge in [0.05, 0.1) is 5.56 Å². The number of amides is 1. The highest BCUT2D eigenvalue weighted by Gasteiger charge is 2.19. The van der Waals surface area contributed by atoms with Gasteiger partial charge in [0.1, 0.15) is 5.75 Å². The third-order valence-electron chi connectivity index (χ3n) is 4.08. The molecule has 2 aromatic carbocycles. The summed E-state index contributed by atoms with van der Waals surface area (Å²) in [6, 6.07) is 13.7. The summed E-state index contributed by atoms with van der Waals surface area (Å²) < 4.78 is 15.7. The van der Waals surface area contributed by atoms with E-state index < -0.39 is 18.0 Å². The van der Waals surface area contributed by atoms with E-state index in [4.69, 9.17) is 14.0 Å². The van der Waals surface area contributed by atoms with Crippen LogP contribution in [-0.2, 0) is 16.1 Å². The Morgan fingerprint density at radius 2 is 1.83 bits per heavy atom. The number of esters is 1. The maximum absolute atomic E-state index is 12.3. The van der Waals surface area contributed by atoms with Crippen molar-refractivity contribution in [3.05, 3.63) is 71.4 Å². The van der Waals surface area contributed by atoms with Crippen LogP contribution in [0.5, 0.6) is 5.75 Å². The van der Waals surface area contributed by atoms with E-state index in [1.165, 1.54) is 6.92 Å². The lowest BCUT2D eigenvalue weighted by Gasteiger charge is -2.14. The van der Waals surface area contributed by atoms with Gasteiger partial charge in [0.25, 0.3) is 5.91 Å². The van der Waals surface area contributed by atoms with Crippen molar-refractivity contribution in [2.75, 3.05) is 5.32 Å². The van der Waals surface area contributed by atoms with E-state index in [2.05, 4.69) is 15.5 Å². The number of carbonyl (C=O) groups excluding carboxylic acids is 2. The van der Waals surface area contributed by atoms with Gasteiger partial charge in [0, 0.05) is 12.6 Å². The van der Waals surface area contributed by atoms with E-state index in [0.717, 1.165) is 5.56 Å². The summed E-state index contributed by atoms with van der Waals surface area (Å²) in [6.45, 7) is 5.25. The molecule has 0 fully saturated rings. The molecule has 1 heterocycles. The van der Waals surface area contributed by atoms with Crippen molar-refractivity contribution in [1.29, 1.82) is 0 Å². The molecule has 1 unspecified atom stereocenters. The minimum absolute atomic E-state index is 0.150. The summed E-state index contributed by atoms with van der Waals surface area (Å²) in [4.78, 5) is 28.6. The predicted molar refractivity (Wildman–Crippen MR) is 104 cm³/mol. The van der Waals surface area contributed by atoms with Gasteiger partial charge in [-0.1, -0.05) is 23.4 Å². The number of benzene rings is 2. The van der Waals surface area contributed by atoms with Gasteiger partial charge >= 0.3 is 5.97 Å². The van der Waals surface area contributed by atoms with Crippen LogP contribution in [0.3, 0.4) is 0 Å². The van der Waals surface area contributed by atoms with Gasteiger partial charge in [-0.15, -0.1) is 0 Å². The van der Waals surface area contributed by atoms with E-state index in [1.807, 2.05) is 25.1 Å². The van der Waals surface area contributed by atoms with Crippen molar-refractivity contribution in [2.24, 2.45) is 0 Å². The maximum atomic E-state index is 12.3. The maximum Gasteiger partial charge on any atom is 0.338 e. The number of hydrogen-bond acceptors (Lipinski definition) is 7. The minimum Gasteiger partial charge on any atom is -0.485 e. The fourth-order valence-electron chi connectivity index (χ4n) is 2.46. The van der Waals surface area contributed by atoms with Crippen molar-refractivity contribution in [3.63, 3.8) is 0 Å². The van der Waals surface area contributed by atoms with Crippen LogP contribution in [-0.4, -0.2) is 28.1 Å². The normalized spacial score (nSPS) is 11.6. The summed E-state index contributed by atoms with van der Waals surface area (Å²) in [5.41, 5.74) is 1.91. The molecule has 0 aliphatic carbocycles. The van der Waals surface area contributed by atoms with Crippen LogP contribution in [0.4, 0.5) is 5.69 Å². The average molecular weight is 395 g/mol. The smallest absolute Gasteiger partial charge is 0.338 e. The average Bonchev–Trinajstić information content (AvgIpc) is 3.13. The quantitative estimate of drug-likeness (QED) is 0.611. The zero-order valence-corrected chi connectivity index (χ0v) is 16.3. The first kappa shape index (κ1) is 20.1. The molecule has 0 aliphatic rings. The number of aryl methyl sites for hydroxylation is 2. The number of ether oxygens (including phenoxy) is 2. The molecule has 3 rings (SSSR count). The summed E-state index contributed by atoms with van der Waals surface area (Å²) in [5, 5.41) is 6.49. The number of hydrogen-bond donors (Lipinski definition) is 1. The topological polar surface area (TPSA) is 104 Å². The van der Waals surface area contributed by atoms with Gasteiger partial charge in [0.15, 0.2) is 12.7 Å². The second-order valence-corrected chi connectivity index (χ2v) is 6.39. The number of rotatable bonds is 7. The first-order chi connectivity index (χ1) is 13.9. The van der Waals surface area contributed by atoms with Crippen LogP contribution >= 0.6 is 0 Å². The molecule has 1 N–H and O–H groups in total. The number of carbonyl (C=O) groups is 2. The van der Waals surface area contributed by atoms with E-state index in [0.29, 0.717) is 28.7 Å². The second-order valence-electron chi connectivity index (χ2n) is 6.39. The Labute approximate surface area is 167 Å². The van der Waals surface area contributed by atoms with Crippen LogP contribution in [0.2, 0.25) is 0 Å². The number of anilines is 1. The van der Waals surface area contributed by atoms with Gasteiger partial charge in [-0.25, -0.2) is 4.79 Å². The van der Waals surface area contributed by atoms with Gasteiger partial charge in [-0.2, -0.15) is 4.98 Å². The second kappa shape index (κ2) is 9.01. The molecule has 1 atom stereocenters. The standard InChI is InChI=1S/C21H21N3O5/c1-13-6-4-5-7-18(13)23-20(25)14(2)28-21(26)16-8-10-17(11-9-16)27-12-19-22-15(3)29-24-19/h4-11,14H,12H2,1-3H3,(H,23,25). The monoisotopic (exact) mass is 395 g/mol. The Bertz CT molecular complexity index is 998. The Kier molecular flexibility index (Phi) is 6.23. The van der Waals surface area contributed by atoms with Crippen molar-refractivity contribution in [3.8, 4) is 5.75 Å². The van der Waals surface area contributed by atoms with Crippen LogP contribution in [0.15, 0.2) is 53.1 Å². The molecule has 8 nitrogen and oxygen atoms in total. The highest BCUT2D eigenvalue weighted by Crippen LogP contribution is 2.16. The number of nitrogens with one attached hydrogen (secondary N) is 1. The van der Waals surface area contributed by atoms with Crippen molar-refractivity contribution >= 4 is 17.6 Å². The molecular weight excluding hydrogens is 374 g/mol. The molecule has 0 saturated heterocycles. The van der Waals surface area contributed by atoms with Crippen LogP contribution < -0.4 is 10.1 Å². The Hall–Kier alpha value is -3.68.